The van der Waals surface area contributed by atoms with E-state index in [0.717, 1.165) is 0 Å². The minimum atomic E-state index is -3.69. The number of nitrogens with one attached hydrogen (secondary N) is 1. The predicted molar refractivity (Wildman–Crippen MR) is 102 cm³/mol. The Hall–Kier alpha value is -1.12. The van der Waals surface area contributed by atoms with Crippen molar-refractivity contribution in [2.75, 3.05) is 7.05 Å². The molecule has 0 spiro atoms. The first-order chi connectivity index (χ1) is 11.1. The number of benzene rings is 1. The molecule has 0 unspecified atom stereocenters. The highest BCUT2D eigenvalue weighted by molar-refractivity contribution is 9.10. The van der Waals surface area contributed by atoms with Crippen LogP contribution in [0.5, 0.6) is 0 Å². The van der Waals surface area contributed by atoms with Crippen molar-refractivity contribution >= 4 is 32.0 Å². The van der Waals surface area contributed by atoms with E-state index in [0.29, 0.717) is 10.0 Å². The van der Waals surface area contributed by atoms with Crippen LogP contribution in [0.4, 0.5) is 4.79 Å². The molecule has 0 aliphatic carbocycles. The van der Waals surface area contributed by atoms with Crippen molar-refractivity contribution in [2.45, 2.75) is 64.1 Å². The van der Waals surface area contributed by atoms with E-state index < -0.39 is 27.3 Å². The highest BCUT2D eigenvalue weighted by Crippen LogP contribution is 2.25. The number of sulfonamides is 1. The van der Waals surface area contributed by atoms with E-state index in [1.807, 2.05) is 0 Å². The molecule has 0 heterocycles. The zero-order valence-electron chi connectivity index (χ0n) is 15.8. The summed E-state index contributed by atoms with van der Waals surface area (Å²) in [6.45, 7) is 10.9. The summed E-state index contributed by atoms with van der Waals surface area (Å²) in [6.07, 6.45) is -0.465. The standard InChI is InChI=1S/C17H27BrN2O4S/c1-16(2,3)19-25(22,23)14-10-12(8-9-13(14)18)11-20(7)15(21)24-17(4,5)6/h8-10,19H,11H2,1-7H3. The van der Waals surface area contributed by atoms with Crippen molar-refractivity contribution in [2.24, 2.45) is 0 Å². The van der Waals surface area contributed by atoms with Gasteiger partial charge in [0.1, 0.15) is 5.60 Å². The van der Waals surface area contributed by atoms with E-state index in [9.17, 15) is 13.2 Å². The van der Waals surface area contributed by atoms with Crippen LogP contribution in [0.1, 0.15) is 47.1 Å². The maximum Gasteiger partial charge on any atom is 0.410 e. The molecule has 0 saturated carbocycles. The Balaban J connectivity index is 3.04. The van der Waals surface area contributed by atoms with Gasteiger partial charge in [-0.15, -0.1) is 0 Å². The Morgan fingerprint density at radius 1 is 1.20 bits per heavy atom. The number of carbonyl (C=O) groups is 1. The van der Waals surface area contributed by atoms with Crippen molar-refractivity contribution in [3.8, 4) is 0 Å². The van der Waals surface area contributed by atoms with Gasteiger partial charge in [-0.1, -0.05) is 6.07 Å². The minimum absolute atomic E-state index is 0.137. The maximum atomic E-state index is 12.6. The SMILES string of the molecule is CN(Cc1ccc(Br)c(S(=O)(=O)NC(C)(C)C)c1)C(=O)OC(C)(C)C. The third-order valence-corrected chi connectivity index (χ3v) is 5.60. The molecule has 1 N–H and O–H groups in total. The molecule has 1 rings (SSSR count). The van der Waals surface area contributed by atoms with E-state index in [4.69, 9.17) is 4.74 Å². The third kappa shape index (κ3) is 7.33. The van der Waals surface area contributed by atoms with E-state index in [-0.39, 0.29) is 11.4 Å². The highest BCUT2D eigenvalue weighted by atomic mass is 79.9. The lowest BCUT2D eigenvalue weighted by atomic mass is 10.1. The number of carbonyl (C=O) groups excluding carboxylic acids is 1. The van der Waals surface area contributed by atoms with Crippen LogP contribution in [0, 0.1) is 0 Å². The first-order valence-electron chi connectivity index (χ1n) is 7.87. The molecule has 0 fully saturated rings. The van der Waals surface area contributed by atoms with Crippen molar-refractivity contribution in [3.05, 3.63) is 28.2 Å². The van der Waals surface area contributed by atoms with Crippen LogP contribution in [0.3, 0.4) is 0 Å². The van der Waals surface area contributed by atoms with Crippen molar-refractivity contribution in [1.82, 2.24) is 9.62 Å². The van der Waals surface area contributed by atoms with Crippen LogP contribution in [0.15, 0.2) is 27.6 Å². The summed E-state index contributed by atoms with van der Waals surface area (Å²) in [5.74, 6) is 0. The van der Waals surface area contributed by atoms with E-state index in [2.05, 4.69) is 20.7 Å². The van der Waals surface area contributed by atoms with Gasteiger partial charge in [0.15, 0.2) is 0 Å². The molecule has 142 valence electrons. The van der Waals surface area contributed by atoms with Crippen LogP contribution in [-0.4, -0.2) is 37.6 Å². The molecule has 0 bridgehead atoms. The summed E-state index contributed by atoms with van der Waals surface area (Å²) in [7, 11) is -2.08. The zero-order valence-corrected chi connectivity index (χ0v) is 18.2. The summed E-state index contributed by atoms with van der Waals surface area (Å²) in [6, 6.07) is 4.98. The lowest BCUT2D eigenvalue weighted by Gasteiger charge is -2.25. The van der Waals surface area contributed by atoms with Crippen LogP contribution in [0.2, 0.25) is 0 Å². The van der Waals surface area contributed by atoms with Gasteiger partial charge in [0.05, 0.1) is 4.90 Å². The topological polar surface area (TPSA) is 75.7 Å². The van der Waals surface area contributed by atoms with Crippen LogP contribution >= 0.6 is 15.9 Å². The second-order valence-electron chi connectivity index (χ2n) is 7.96. The van der Waals surface area contributed by atoms with Gasteiger partial charge in [0.2, 0.25) is 10.0 Å². The van der Waals surface area contributed by atoms with Gasteiger partial charge in [-0.3, -0.25) is 0 Å². The second-order valence-corrected chi connectivity index (χ2v) is 10.5. The summed E-state index contributed by atoms with van der Waals surface area (Å²) < 4.78 is 33.6. The zero-order chi connectivity index (χ0) is 19.6. The predicted octanol–water partition coefficient (Wildman–Crippen LogP) is 3.89. The first kappa shape index (κ1) is 21.9. The number of ether oxygens (including phenoxy) is 1. The van der Waals surface area contributed by atoms with Gasteiger partial charge in [0.25, 0.3) is 0 Å². The van der Waals surface area contributed by atoms with E-state index in [1.54, 1.807) is 66.8 Å². The average Bonchev–Trinajstić information content (AvgIpc) is 2.35. The van der Waals surface area contributed by atoms with Crippen molar-refractivity contribution in [1.29, 1.82) is 0 Å². The third-order valence-electron chi connectivity index (χ3n) is 2.85. The largest absolute Gasteiger partial charge is 0.444 e. The Morgan fingerprint density at radius 3 is 2.24 bits per heavy atom. The lowest BCUT2D eigenvalue weighted by Crippen LogP contribution is -2.40. The highest BCUT2D eigenvalue weighted by Gasteiger charge is 2.25. The number of rotatable bonds is 4. The monoisotopic (exact) mass is 434 g/mol. The summed E-state index contributed by atoms with van der Waals surface area (Å²) in [4.78, 5) is 13.6. The lowest BCUT2D eigenvalue weighted by molar-refractivity contribution is 0.0285. The Kier molecular flexibility index (Phi) is 6.69. The van der Waals surface area contributed by atoms with Crippen molar-refractivity contribution in [3.63, 3.8) is 0 Å². The summed E-state index contributed by atoms with van der Waals surface area (Å²) in [5, 5.41) is 0. The molecule has 25 heavy (non-hydrogen) atoms. The number of amides is 1. The fraction of sp³-hybridized carbons (Fsp3) is 0.588. The van der Waals surface area contributed by atoms with Gasteiger partial charge in [-0.2, -0.15) is 0 Å². The second kappa shape index (κ2) is 7.63. The molecule has 0 saturated heterocycles. The molecule has 1 aromatic carbocycles. The number of hydrogen-bond donors (Lipinski definition) is 1. The van der Waals surface area contributed by atoms with Crippen LogP contribution in [-0.2, 0) is 21.3 Å². The smallest absolute Gasteiger partial charge is 0.410 e. The van der Waals surface area contributed by atoms with Gasteiger partial charge in [0, 0.05) is 23.6 Å². The molecular formula is C17H27BrN2O4S. The molecule has 0 aliphatic heterocycles. The Bertz CT molecular complexity index is 734. The molecule has 1 amide bonds. The summed E-state index contributed by atoms with van der Waals surface area (Å²) >= 11 is 3.28. The van der Waals surface area contributed by atoms with Gasteiger partial charge < -0.3 is 9.64 Å². The normalized spacial score (nSPS) is 12.8. The van der Waals surface area contributed by atoms with E-state index in [1.165, 1.54) is 4.90 Å². The molecule has 0 aromatic heterocycles. The molecule has 0 atom stereocenters. The van der Waals surface area contributed by atoms with Gasteiger partial charge in [-0.05, 0) is 75.2 Å². The quantitative estimate of drug-likeness (QED) is 0.779. The fourth-order valence-electron chi connectivity index (χ4n) is 1.99. The molecule has 6 nitrogen and oxygen atoms in total. The van der Waals surface area contributed by atoms with Crippen molar-refractivity contribution < 1.29 is 17.9 Å². The minimum Gasteiger partial charge on any atom is -0.444 e. The van der Waals surface area contributed by atoms with Crippen LogP contribution < -0.4 is 4.72 Å². The maximum absolute atomic E-state index is 12.6. The molecule has 0 aliphatic rings. The Morgan fingerprint density at radius 2 is 1.76 bits per heavy atom. The van der Waals surface area contributed by atoms with Gasteiger partial charge in [-0.25, -0.2) is 17.9 Å². The van der Waals surface area contributed by atoms with E-state index >= 15 is 0 Å². The molecular weight excluding hydrogens is 408 g/mol. The summed E-state index contributed by atoms with van der Waals surface area (Å²) in [5.41, 5.74) is -0.497. The van der Waals surface area contributed by atoms with Crippen LogP contribution in [0.25, 0.3) is 0 Å². The average molecular weight is 435 g/mol. The molecule has 0 radical (unpaired) electrons. The molecule has 8 heteroatoms. The molecule has 1 aromatic rings. The number of nitrogens with zero attached hydrogens (tertiary/aromatic N) is 1. The number of hydrogen-bond acceptors (Lipinski definition) is 4. The number of halogens is 1. The first-order valence-corrected chi connectivity index (χ1v) is 10.1. The Labute approximate surface area is 159 Å². The fourth-order valence-corrected chi connectivity index (χ4v) is 4.42. The van der Waals surface area contributed by atoms with Gasteiger partial charge >= 0.3 is 6.09 Å².